The van der Waals surface area contributed by atoms with Crippen molar-refractivity contribution >= 4 is 21.4 Å². The molecule has 0 unspecified atom stereocenters. The molecule has 0 saturated carbocycles. The molecule has 0 aliphatic carbocycles. The van der Waals surface area contributed by atoms with Crippen molar-refractivity contribution in [2.45, 2.75) is 30.5 Å². The van der Waals surface area contributed by atoms with Crippen LogP contribution in [0.3, 0.4) is 0 Å². The first-order valence-corrected chi connectivity index (χ1v) is 6.58. The second-order valence-corrected chi connectivity index (χ2v) is 6.90. The Balaban J connectivity index is 3.01. The molecule has 6 heteroatoms. The minimum absolute atomic E-state index is 0.239. The molecular weight excluding hydrogens is 232 g/mol. The number of hydrogen-bond acceptors (Lipinski definition) is 4. The van der Waals surface area contributed by atoms with E-state index in [1.807, 2.05) is 13.0 Å². The summed E-state index contributed by atoms with van der Waals surface area (Å²) in [6, 6.07) is 5.16. The van der Waals surface area contributed by atoms with Crippen LogP contribution in [0.15, 0.2) is 16.3 Å². The van der Waals surface area contributed by atoms with Crippen LogP contribution in [0.25, 0.3) is 0 Å². The Morgan fingerprint density at radius 1 is 1.47 bits per heavy atom. The molecule has 0 spiro atoms. The number of rotatable bonds is 3. The van der Waals surface area contributed by atoms with Gasteiger partial charge >= 0.3 is 0 Å². The molecule has 1 rings (SSSR count). The van der Waals surface area contributed by atoms with Crippen LogP contribution in [-0.2, 0) is 10.0 Å². The lowest BCUT2D eigenvalue weighted by Crippen LogP contribution is -2.41. The molecule has 1 aromatic rings. The van der Waals surface area contributed by atoms with Crippen LogP contribution in [0.2, 0.25) is 0 Å². The largest absolute Gasteiger partial charge is 0.251 e. The van der Waals surface area contributed by atoms with Crippen molar-refractivity contribution in [3.8, 4) is 6.07 Å². The van der Waals surface area contributed by atoms with Crippen LogP contribution >= 0.6 is 11.3 Å². The van der Waals surface area contributed by atoms with Crippen molar-refractivity contribution in [3.05, 3.63) is 17.0 Å². The van der Waals surface area contributed by atoms with Crippen molar-refractivity contribution in [1.82, 2.24) is 4.72 Å². The number of nitrogens with one attached hydrogen (secondary N) is 1. The molecule has 0 amide bonds. The monoisotopic (exact) mass is 244 g/mol. The zero-order chi connectivity index (χ0) is 11.7. The van der Waals surface area contributed by atoms with Gasteiger partial charge in [-0.3, -0.25) is 0 Å². The Hall–Kier alpha value is -0.900. The Kier molecular flexibility index (Phi) is 3.19. The topological polar surface area (TPSA) is 70.0 Å². The fraction of sp³-hybridized carbons (Fsp3) is 0.444. The average molecular weight is 244 g/mol. The van der Waals surface area contributed by atoms with Gasteiger partial charge in [-0.25, -0.2) is 8.42 Å². The summed E-state index contributed by atoms with van der Waals surface area (Å²) in [4.78, 5) is 0.921. The Morgan fingerprint density at radius 2 is 2.07 bits per heavy atom. The van der Waals surface area contributed by atoms with Gasteiger partial charge in [0.05, 0.1) is 6.07 Å². The molecule has 1 aromatic heterocycles. The highest BCUT2D eigenvalue weighted by molar-refractivity contribution is 7.91. The maximum absolute atomic E-state index is 11.8. The van der Waals surface area contributed by atoms with Crippen molar-refractivity contribution < 1.29 is 8.42 Å². The van der Waals surface area contributed by atoms with Crippen LogP contribution in [0.5, 0.6) is 0 Å². The van der Waals surface area contributed by atoms with Gasteiger partial charge < -0.3 is 0 Å². The summed E-state index contributed by atoms with van der Waals surface area (Å²) in [7, 11) is -3.56. The van der Waals surface area contributed by atoms with Gasteiger partial charge in [-0.1, -0.05) is 0 Å². The zero-order valence-corrected chi connectivity index (χ0v) is 10.4. The minimum Gasteiger partial charge on any atom is -0.206 e. The Bertz CT molecular complexity index is 494. The van der Waals surface area contributed by atoms with Crippen LogP contribution in [0.1, 0.15) is 18.7 Å². The maximum Gasteiger partial charge on any atom is 0.251 e. The van der Waals surface area contributed by atoms with E-state index in [0.29, 0.717) is 0 Å². The lowest BCUT2D eigenvalue weighted by Gasteiger charge is -2.16. The average Bonchev–Trinajstić information content (AvgIpc) is 2.51. The number of hydrogen-bond donors (Lipinski definition) is 1. The molecule has 1 heterocycles. The van der Waals surface area contributed by atoms with Gasteiger partial charge in [0.1, 0.15) is 9.75 Å². The molecule has 0 radical (unpaired) electrons. The van der Waals surface area contributed by atoms with Crippen molar-refractivity contribution in [1.29, 1.82) is 5.26 Å². The smallest absolute Gasteiger partial charge is 0.206 e. The van der Waals surface area contributed by atoms with Crippen LogP contribution in [-0.4, -0.2) is 14.0 Å². The fourth-order valence-corrected chi connectivity index (χ4v) is 3.58. The molecule has 4 nitrogen and oxygen atoms in total. The second kappa shape index (κ2) is 3.93. The summed E-state index contributed by atoms with van der Waals surface area (Å²) in [6.45, 7) is 4.87. The predicted octanol–water partition coefficient (Wildman–Crippen LogP) is 1.64. The summed E-state index contributed by atoms with van der Waals surface area (Å²) >= 11 is 1.19. The number of thiophene rings is 1. The molecule has 15 heavy (non-hydrogen) atoms. The molecule has 82 valence electrons. The first-order chi connectivity index (χ1) is 6.77. The lowest BCUT2D eigenvalue weighted by molar-refractivity contribution is 0.537. The van der Waals surface area contributed by atoms with E-state index in [-0.39, 0.29) is 4.21 Å². The molecule has 0 aromatic carbocycles. The van der Waals surface area contributed by atoms with Crippen LogP contribution in [0.4, 0.5) is 0 Å². The van der Waals surface area contributed by atoms with E-state index < -0.39 is 15.6 Å². The maximum atomic E-state index is 11.8. The van der Waals surface area contributed by atoms with Gasteiger partial charge in [0.2, 0.25) is 0 Å². The van der Waals surface area contributed by atoms with Gasteiger partial charge in [-0.2, -0.15) is 9.98 Å². The molecule has 0 bridgehead atoms. The normalized spacial score (nSPS) is 12.4. The van der Waals surface area contributed by atoms with Crippen molar-refractivity contribution in [2.24, 2.45) is 0 Å². The van der Waals surface area contributed by atoms with E-state index in [1.54, 1.807) is 6.07 Å². The van der Waals surface area contributed by atoms with E-state index >= 15 is 0 Å². The standard InChI is InChI=1S/C9H12N2O2S2/c1-7-4-5-8(14-7)15(12,13)11-9(2,3)6-10/h4-5,11H,1-3H3. The molecule has 0 aliphatic rings. The molecule has 1 N–H and O–H groups in total. The van der Waals surface area contributed by atoms with Crippen molar-refractivity contribution in [2.75, 3.05) is 0 Å². The van der Waals surface area contributed by atoms with Gasteiger partial charge in [-0.15, -0.1) is 11.3 Å². The van der Waals surface area contributed by atoms with Crippen LogP contribution in [0, 0.1) is 18.3 Å². The number of aryl methyl sites for hydroxylation is 1. The first-order valence-electron chi connectivity index (χ1n) is 4.28. The summed E-state index contributed by atoms with van der Waals surface area (Å²) in [5.74, 6) is 0. The molecule has 0 atom stereocenters. The molecule has 0 aliphatic heterocycles. The van der Waals surface area contributed by atoms with E-state index in [0.717, 1.165) is 4.88 Å². The second-order valence-electron chi connectivity index (χ2n) is 3.71. The quantitative estimate of drug-likeness (QED) is 0.878. The van der Waals surface area contributed by atoms with Gasteiger partial charge in [0.25, 0.3) is 10.0 Å². The summed E-state index contributed by atoms with van der Waals surface area (Å²) in [5, 5.41) is 8.74. The Morgan fingerprint density at radius 3 is 2.47 bits per heavy atom. The van der Waals surface area contributed by atoms with E-state index in [2.05, 4.69) is 4.72 Å². The number of nitrogens with zero attached hydrogens (tertiary/aromatic N) is 1. The van der Waals surface area contributed by atoms with Gasteiger partial charge in [0.15, 0.2) is 0 Å². The highest BCUT2D eigenvalue weighted by Gasteiger charge is 2.26. The number of nitriles is 1. The molecule has 0 fully saturated rings. The van der Waals surface area contributed by atoms with Gasteiger partial charge in [-0.05, 0) is 32.9 Å². The highest BCUT2D eigenvalue weighted by Crippen LogP contribution is 2.21. The zero-order valence-electron chi connectivity index (χ0n) is 8.73. The van der Waals surface area contributed by atoms with E-state index in [9.17, 15) is 8.42 Å². The van der Waals surface area contributed by atoms with E-state index in [1.165, 1.54) is 31.3 Å². The first kappa shape index (κ1) is 12.2. The summed E-state index contributed by atoms with van der Waals surface area (Å²) in [5.41, 5.74) is -1.09. The Labute approximate surface area is 93.6 Å². The predicted molar refractivity (Wildman–Crippen MR) is 59.1 cm³/mol. The lowest BCUT2D eigenvalue weighted by atomic mass is 10.1. The molecule has 0 saturated heterocycles. The van der Waals surface area contributed by atoms with Crippen molar-refractivity contribution in [3.63, 3.8) is 0 Å². The summed E-state index contributed by atoms with van der Waals surface area (Å²) < 4.78 is 26.1. The highest BCUT2D eigenvalue weighted by atomic mass is 32.2. The third-order valence-electron chi connectivity index (χ3n) is 1.65. The summed E-state index contributed by atoms with van der Waals surface area (Å²) in [6.07, 6.45) is 0. The third-order valence-corrected chi connectivity index (χ3v) is 4.80. The third kappa shape index (κ3) is 3.02. The number of sulfonamides is 1. The minimum atomic E-state index is -3.56. The molecular formula is C9H12N2O2S2. The SMILES string of the molecule is Cc1ccc(S(=O)(=O)NC(C)(C)C#N)s1. The van der Waals surface area contributed by atoms with Crippen LogP contribution < -0.4 is 4.72 Å². The van der Waals surface area contributed by atoms with E-state index in [4.69, 9.17) is 5.26 Å². The fourth-order valence-electron chi connectivity index (χ4n) is 0.966. The van der Waals surface area contributed by atoms with Gasteiger partial charge in [0, 0.05) is 4.88 Å².